The number of carbonyl (C=O) groups excluding carboxylic acids is 1. The maximum absolute atomic E-state index is 14.0. The average Bonchev–Trinajstić information content (AvgIpc) is 2.82. The van der Waals surface area contributed by atoms with Crippen LogP contribution in [0.25, 0.3) is 0 Å². The number of halogens is 3. The molecule has 0 saturated heterocycles. The van der Waals surface area contributed by atoms with E-state index in [1.807, 2.05) is 18.7 Å². The molecular weight excluding hydrogens is 516 g/mol. The van der Waals surface area contributed by atoms with Crippen molar-refractivity contribution in [3.05, 3.63) is 86.1 Å². The summed E-state index contributed by atoms with van der Waals surface area (Å²) in [6, 6.07) is 11.7. The lowest BCUT2D eigenvalue weighted by atomic mass is 9.68. The first-order valence-corrected chi connectivity index (χ1v) is 12.6. The normalized spacial score (nSPS) is 19.1. The van der Waals surface area contributed by atoms with Gasteiger partial charge in [-0.25, -0.2) is 4.39 Å². The van der Waals surface area contributed by atoms with Crippen LogP contribution in [0.4, 0.5) is 4.39 Å². The van der Waals surface area contributed by atoms with Crippen molar-refractivity contribution in [3.63, 3.8) is 0 Å². The molecule has 2 N–H and O–H groups in total. The number of hydrogen-bond acceptors (Lipinski definition) is 6. The molecule has 0 unspecified atom stereocenters. The van der Waals surface area contributed by atoms with Crippen molar-refractivity contribution in [3.8, 4) is 11.8 Å². The van der Waals surface area contributed by atoms with Crippen molar-refractivity contribution in [2.24, 2.45) is 11.1 Å². The van der Waals surface area contributed by atoms with Crippen LogP contribution in [0, 0.1) is 22.6 Å². The molecule has 1 aliphatic carbocycles. The molecule has 0 radical (unpaired) electrons. The van der Waals surface area contributed by atoms with Gasteiger partial charge in [-0.15, -0.1) is 0 Å². The molecule has 4 rings (SSSR count). The minimum absolute atomic E-state index is 0.0500. The van der Waals surface area contributed by atoms with Gasteiger partial charge in [-0.1, -0.05) is 55.2 Å². The Morgan fingerprint density at radius 3 is 2.51 bits per heavy atom. The van der Waals surface area contributed by atoms with Crippen LogP contribution < -0.4 is 10.5 Å². The fourth-order valence-electron chi connectivity index (χ4n) is 5.00. The van der Waals surface area contributed by atoms with E-state index >= 15 is 0 Å². The zero-order chi connectivity index (χ0) is 26.9. The Labute approximate surface area is 226 Å². The lowest BCUT2D eigenvalue weighted by molar-refractivity contribution is -0.118. The topological polar surface area (TPSA) is 88.6 Å². The summed E-state index contributed by atoms with van der Waals surface area (Å²) in [4.78, 5) is 15.3. The van der Waals surface area contributed by atoms with E-state index in [1.54, 1.807) is 37.4 Å². The number of nitrogens with zero attached hydrogens (tertiary/aromatic N) is 2. The molecule has 0 fully saturated rings. The van der Waals surface area contributed by atoms with Crippen molar-refractivity contribution < 1.29 is 18.7 Å². The molecule has 2 aliphatic rings. The molecule has 0 amide bonds. The predicted octanol–water partition coefficient (Wildman–Crippen LogP) is 6.09. The van der Waals surface area contributed by atoms with Crippen LogP contribution in [0.1, 0.15) is 43.7 Å². The molecule has 1 aliphatic heterocycles. The van der Waals surface area contributed by atoms with Gasteiger partial charge in [0.2, 0.25) is 0 Å². The van der Waals surface area contributed by atoms with E-state index < -0.39 is 11.7 Å². The fourth-order valence-corrected chi connectivity index (χ4v) is 5.61. The van der Waals surface area contributed by atoms with Gasteiger partial charge in [0.15, 0.2) is 11.5 Å². The average molecular weight is 544 g/mol. The maximum atomic E-state index is 14.0. The number of Topliss-reactive ketones (excluding diaryl/α,β-unsaturated/α-hetero) is 1. The fraction of sp³-hybridized carbons (Fsp3) is 0.357. The minimum atomic E-state index is -0.724. The molecule has 6 nitrogen and oxygen atoms in total. The van der Waals surface area contributed by atoms with E-state index in [0.29, 0.717) is 42.7 Å². The smallest absolute Gasteiger partial charge is 0.162 e. The molecule has 0 saturated carbocycles. The van der Waals surface area contributed by atoms with E-state index in [0.717, 1.165) is 5.70 Å². The highest BCUT2D eigenvalue weighted by Crippen LogP contribution is 2.50. The number of ketones is 1. The largest absolute Gasteiger partial charge is 0.486 e. The monoisotopic (exact) mass is 543 g/mol. The van der Waals surface area contributed by atoms with Crippen LogP contribution >= 0.6 is 23.2 Å². The van der Waals surface area contributed by atoms with Crippen molar-refractivity contribution in [2.45, 2.75) is 39.2 Å². The highest BCUT2D eigenvalue weighted by molar-refractivity contribution is 6.37. The second-order valence-electron chi connectivity index (χ2n) is 9.98. The molecule has 0 aromatic heterocycles. The van der Waals surface area contributed by atoms with E-state index in [2.05, 4.69) is 6.07 Å². The summed E-state index contributed by atoms with van der Waals surface area (Å²) >= 11 is 13.2. The first kappa shape index (κ1) is 27.0. The highest BCUT2D eigenvalue weighted by Gasteiger charge is 2.44. The predicted molar refractivity (Wildman–Crippen MR) is 140 cm³/mol. The second kappa shape index (κ2) is 10.7. The van der Waals surface area contributed by atoms with Gasteiger partial charge in [-0.3, -0.25) is 4.79 Å². The van der Waals surface area contributed by atoms with E-state index in [1.165, 1.54) is 6.07 Å². The summed E-state index contributed by atoms with van der Waals surface area (Å²) in [6.07, 6.45) is 0.948. The third-order valence-electron chi connectivity index (χ3n) is 6.69. The Hall–Kier alpha value is -3.05. The number of rotatable bonds is 7. The summed E-state index contributed by atoms with van der Waals surface area (Å²) in [6.45, 7) is 4.79. The quantitative estimate of drug-likeness (QED) is 0.454. The number of allylic oxidation sites excluding steroid dienone is 3. The van der Waals surface area contributed by atoms with Crippen LogP contribution in [0.3, 0.4) is 0 Å². The summed E-state index contributed by atoms with van der Waals surface area (Å²) in [7, 11) is 1.59. The third-order valence-corrected chi connectivity index (χ3v) is 7.25. The van der Waals surface area contributed by atoms with Crippen molar-refractivity contribution in [2.75, 3.05) is 20.3 Å². The number of methoxy groups -OCH3 is 1. The molecule has 0 bridgehead atoms. The van der Waals surface area contributed by atoms with Gasteiger partial charge < -0.3 is 20.1 Å². The number of benzene rings is 2. The van der Waals surface area contributed by atoms with Crippen molar-refractivity contribution in [1.82, 2.24) is 4.90 Å². The first-order chi connectivity index (χ1) is 17.6. The lowest BCUT2D eigenvalue weighted by Gasteiger charge is -2.43. The minimum Gasteiger partial charge on any atom is -0.486 e. The van der Waals surface area contributed by atoms with Crippen LogP contribution in [0.15, 0.2) is 59.1 Å². The van der Waals surface area contributed by atoms with E-state index in [-0.39, 0.29) is 45.0 Å². The van der Waals surface area contributed by atoms with Crippen molar-refractivity contribution >= 4 is 29.0 Å². The van der Waals surface area contributed by atoms with Gasteiger partial charge in [-0.2, -0.15) is 5.26 Å². The Kier molecular flexibility index (Phi) is 7.84. The number of carbonyl (C=O) groups is 1. The number of nitrogens with two attached hydrogens (primary N) is 1. The number of hydrogen-bond donors (Lipinski definition) is 1. The standard InChI is InChI=1S/C28H28Cl2FN3O3/c1-28(2)12-22-25(23(35)13-28)24(18(14-32)27(33)34(22)8-9-36-3)17-10-19(29)26(20(30)11-17)37-15-16-6-4-5-7-21(16)31/h4-7,10-11,24H,8-9,12-13,15,33H2,1-3H3/t24-/m0/s1. The van der Waals surface area contributed by atoms with Crippen LogP contribution in [0.5, 0.6) is 5.75 Å². The van der Waals surface area contributed by atoms with E-state index in [4.69, 9.17) is 38.4 Å². The second-order valence-corrected chi connectivity index (χ2v) is 10.8. The SMILES string of the molecule is COCCN1C(N)=C(C#N)[C@H](c2cc(Cl)c(OCc3ccccc3F)c(Cl)c2)C2=C1CC(C)(C)CC2=O. The molecule has 1 atom stereocenters. The maximum Gasteiger partial charge on any atom is 0.162 e. The van der Waals surface area contributed by atoms with Crippen LogP contribution in [0.2, 0.25) is 10.0 Å². The zero-order valence-corrected chi connectivity index (χ0v) is 22.4. The molecule has 1 heterocycles. The van der Waals surface area contributed by atoms with Crippen LogP contribution in [-0.4, -0.2) is 30.9 Å². The van der Waals surface area contributed by atoms with E-state index in [9.17, 15) is 14.4 Å². The molecule has 0 spiro atoms. The van der Waals surface area contributed by atoms with Crippen LogP contribution in [-0.2, 0) is 16.1 Å². The zero-order valence-electron chi connectivity index (χ0n) is 20.9. The number of ether oxygens (including phenoxy) is 2. The molecule has 194 valence electrons. The van der Waals surface area contributed by atoms with Crippen molar-refractivity contribution in [1.29, 1.82) is 5.26 Å². The summed E-state index contributed by atoms with van der Waals surface area (Å²) < 4.78 is 25.1. The van der Waals surface area contributed by atoms with Gasteiger partial charge in [0.05, 0.1) is 34.2 Å². The van der Waals surface area contributed by atoms with Gasteiger partial charge in [0, 0.05) is 36.9 Å². The summed E-state index contributed by atoms with van der Waals surface area (Å²) in [5.74, 6) is -0.706. The Morgan fingerprint density at radius 1 is 1.22 bits per heavy atom. The van der Waals surface area contributed by atoms with Gasteiger partial charge in [-0.05, 0) is 35.6 Å². The third kappa shape index (κ3) is 5.33. The Bertz CT molecular complexity index is 1320. The van der Waals surface area contributed by atoms with Gasteiger partial charge >= 0.3 is 0 Å². The highest BCUT2D eigenvalue weighted by atomic mass is 35.5. The molecule has 9 heteroatoms. The molecule has 2 aromatic rings. The molecule has 37 heavy (non-hydrogen) atoms. The molecule has 2 aromatic carbocycles. The molecular formula is C28H28Cl2FN3O3. The Balaban J connectivity index is 1.78. The van der Waals surface area contributed by atoms with Gasteiger partial charge in [0.25, 0.3) is 0 Å². The Morgan fingerprint density at radius 2 is 1.89 bits per heavy atom. The summed E-state index contributed by atoms with van der Waals surface area (Å²) in [5, 5.41) is 10.5. The van der Waals surface area contributed by atoms with Gasteiger partial charge in [0.1, 0.15) is 18.2 Å². The summed E-state index contributed by atoms with van der Waals surface area (Å²) in [5.41, 5.74) is 8.73. The lowest BCUT2D eigenvalue weighted by Crippen LogP contribution is -2.43. The number of nitriles is 1. The first-order valence-electron chi connectivity index (χ1n) is 11.9.